The Morgan fingerprint density at radius 3 is 2.29 bits per heavy atom. The summed E-state index contributed by atoms with van der Waals surface area (Å²) >= 11 is 0. The molecule has 114 valence electrons. The van der Waals surface area contributed by atoms with Gasteiger partial charge in [0.1, 0.15) is 0 Å². The van der Waals surface area contributed by atoms with Gasteiger partial charge in [-0.15, -0.1) is 0 Å². The molecular formula is C15H21N3O3. The number of hydrogen-bond acceptors (Lipinski definition) is 5. The Bertz CT molecular complexity index is 598. The molecule has 0 unspecified atom stereocenters. The van der Waals surface area contributed by atoms with Gasteiger partial charge in [-0.3, -0.25) is 4.68 Å². The summed E-state index contributed by atoms with van der Waals surface area (Å²) in [6.07, 6.45) is 1.86. The second kappa shape index (κ2) is 6.49. The molecule has 0 amide bonds. The number of aryl methyl sites for hydroxylation is 1. The molecule has 6 heteroatoms. The van der Waals surface area contributed by atoms with Crippen LogP contribution in [0.3, 0.4) is 0 Å². The van der Waals surface area contributed by atoms with Crippen LogP contribution in [0.4, 0.5) is 0 Å². The van der Waals surface area contributed by atoms with Gasteiger partial charge in [-0.2, -0.15) is 5.10 Å². The van der Waals surface area contributed by atoms with E-state index < -0.39 is 0 Å². The maximum absolute atomic E-state index is 9.87. The SMILES string of the molecule is COc1cc(CNCc2cnn(C)c2C)cc(OC)c1O. The fourth-order valence-corrected chi connectivity index (χ4v) is 2.11. The standard InChI is InChI=1S/C15H21N3O3/c1-10-12(9-17-18(10)2)8-16-7-11-5-13(20-3)15(19)14(6-11)21-4/h5-6,9,16,19H,7-8H2,1-4H3. The van der Waals surface area contributed by atoms with E-state index >= 15 is 0 Å². The van der Waals surface area contributed by atoms with Crippen molar-refractivity contribution in [3.8, 4) is 17.2 Å². The zero-order chi connectivity index (χ0) is 15.4. The van der Waals surface area contributed by atoms with Gasteiger partial charge >= 0.3 is 0 Å². The van der Waals surface area contributed by atoms with Crippen molar-refractivity contribution in [2.45, 2.75) is 20.0 Å². The average Bonchev–Trinajstić information content (AvgIpc) is 2.80. The Hall–Kier alpha value is -2.21. The zero-order valence-corrected chi connectivity index (χ0v) is 12.8. The third-order valence-electron chi connectivity index (χ3n) is 3.52. The van der Waals surface area contributed by atoms with E-state index in [1.165, 1.54) is 14.2 Å². The summed E-state index contributed by atoms with van der Waals surface area (Å²) in [5.41, 5.74) is 3.28. The molecular weight excluding hydrogens is 270 g/mol. The van der Waals surface area contributed by atoms with E-state index in [9.17, 15) is 5.11 Å². The molecule has 1 heterocycles. The molecule has 0 aliphatic rings. The van der Waals surface area contributed by atoms with Gasteiger partial charge in [0.2, 0.25) is 5.75 Å². The van der Waals surface area contributed by atoms with Crippen molar-refractivity contribution in [3.05, 3.63) is 35.2 Å². The summed E-state index contributed by atoms with van der Waals surface area (Å²) in [5, 5.41) is 17.4. The number of aromatic hydroxyl groups is 1. The Kier molecular flexibility index (Phi) is 4.70. The molecule has 0 aliphatic heterocycles. The first-order chi connectivity index (χ1) is 10.1. The number of nitrogens with zero attached hydrogens (tertiary/aromatic N) is 2. The van der Waals surface area contributed by atoms with E-state index in [4.69, 9.17) is 9.47 Å². The number of ether oxygens (including phenoxy) is 2. The Morgan fingerprint density at radius 2 is 1.81 bits per heavy atom. The van der Waals surface area contributed by atoms with Crippen molar-refractivity contribution < 1.29 is 14.6 Å². The first kappa shape index (κ1) is 15.2. The van der Waals surface area contributed by atoms with Crippen molar-refractivity contribution in [1.29, 1.82) is 0 Å². The van der Waals surface area contributed by atoms with Gasteiger partial charge in [0.05, 0.1) is 20.4 Å². The fourth-order valence-electron chi connectivity index (χ4n) is 2.11. The summed E-state index contributed by atoms with van der Waals surface area (Å²) in [6, 6.07) is 3.59. The molecule has 21 heavy (non-hydrogen) atoms. The van der Waals surface area contributed by atoms with Crippen molar-refractivity contribution in [3.63, 3.8) is 0 Å². The van der Waals surface area contributed by atoms with Crippen LogP contribution in [0.5, 0.6) is 17.2 Å². The number of rotatable bonds is 6. The molecule has 0 aliphatic carbocycles. The van der Waals surface area contributed by atoms with E-state index in [2.05, 4.69) is 10.4 Å². The Labute approximate surface area is 124 Å². The Balaban J connectivity index is 2.04. The molecule has 1 aromatic carbocycles. The third-order valence-corrected chi connectivity index (χ3v) is 3.52. The highest BCUT2D eigenvalue weighted by atomic mass is 16.5. The molecule has 2 N–H and O–H groups in total. The van der Waals surface area contributed by atoms with E-state index in [1.807, 2.05) is 24.9 Å². The lowest BCUT2D eigenvalue weighted by Gasteiger charge is -2.12. The lowest BCUT2D eigenvalue weighted by Crippen LogP contribution is -2.13. The predicted molar refractivity (Wildman–Crippen MR) is 79.7 cm³/mol. The topological polar surface area (TPSA) is 68.5 Å². The quantitative estimate of drug-likeness (QED) is 0.848. The van der Waals surface area contributed by atoms with Crippen LogP contribution in [-0.2, 0) is 20.1 Å². The summed E-state index contributed by atoms with van der Waals surface area (Å²) in [4.78, 5) is 0. The van der Waals surface area contributed by atoms with Gasteiger partial charge in [-0.25, -0.2) is 0 Å². The first-order valence-corrected chi connectivity index (χ1v) is 6.68. The van der Waals surface area contributed by atoms with Gasteiger partial charge in [0.25, 0.3) is 0 Å². The van der Waals surface area contributed by atoms with E-state index in [-0.39, 0.29) is 5.75 Å². The van der Waals surface area contributed by atoms with E-state index in [0.29, 0.717) is 18.0 Å². The van der Waals surface area contributed by atoms with Gasteiger partial charge in [0.15, 0.2) is 11.5 Å². The highest BCUT2D eigenvalue weighted by Crippen LogP contribution is 2.36. The van der Waals surface area contributed by atoms with Gasteiger partial charge in [0, 0.05) is 31.4 Å². The maximum atomic E-state index is 9.87. The molecule has 0 bridgehead atoms. The predicted octanol–water partition coefficient (Wildman–Crippen LogP) is 1.74. The second-order valence-electron chi connectivity index (χ2n) is 4.83. The highest BCUT2D eigenvalue weighted by Gasteiger charge is 2.11. The smallest absolute Gasteiger partial charge is 0.200 e. The number of hydrogen-bond donors (Lipinski definition) is 2. The largest absolute Gasteiger partial charge is 0.502 e. The van der Waals surface area contributed by atoms with Crippen molar-refractivity contribution in [2.75, 3.05) is 14.2 Å². The lowest BCUT2D eigenvalue weighted by atomic mass is 10.1. The number of benzene rings is 1. The fraction of sp³-hybridized carbons (Fsp3) is 0.400. The van der Waals surface area contributed by atoms with Crippen LogP contribution in [0.1, 0.15) is 16.8 Å². The molecule has 1 aromatic heterocycles. The third kappa shape index (κ3) is 3.28. The van der Waals surface area contributed by atoms with Crippen molar-refractivity contribution in [1.82, 2.24) is 15.1 Å². The summed E-state index contributed by atoms with van der Waals surface area (Å²) in [7, 11) is 4.96. The zero-order valence-electron chi connectivity index (χ0n) is 12.8. The molecule has 0 radical (unpaired) electrons. The van der Waals surface area contributed by atoms with Crippen LogP contribution in [0.25, 0.3) is 0 Å². The van der Waals surface area contributed by atoms with Gasteiger partial charge in [-0.05, 0) is 24.6 Å². The molecule has 6 nitrogen and oxygen atoms in total. The second-order valence-corrected chi connectivity index (χ2v) is 4.83. The minimum atomic E-state index is 0.0202. The molecule has 2 rings (SSSR count). The van der Waals surface area contributed by atoms with Crippen molar-refractivity contribution in [2.24, 2.45) is 7.05 Å². The number of phenolic OH excluding ortho intramolecular Hbond substituents is 1. The minimum Gasteiger partial charge on any atom is -0.502 e. The Morgan fingerprint density at radius 1 is 1.19 bits per heavy atom. The highest BCUT2D eigenvalue weighted by molar-refractivity contribution is 5.52. The molecule has 0 atom stereocenters. The molecule has 0 saturated heterocycles. The molecule has 0 spiro atoms. The van der Waals surface area contributed by atoms with Crippen LogP contribution < -0.4 is 14.8 Å². The lowest BCUT2D eigenvalue weighted by molar-refractivity contribution is 0.339. The number of methoxy groups -OCH3 is 2. The van der Waals surface area contributed by atoms with Crippen molar-refractivity contribution >= 4 is 0 Å². The van der Waals surface area contributed by atoms with E-state index in [1.54, 1.807) is 12.1 Å². The number of nitrogens with one attached hydrogen (secondary N) is 1. The van der Waals surface area contributed by atoms with Gasteiger partial charge in [-0.1, -0.05) is 0 Å². The summed E-state index contributed by atoms with van der Waals surface area (Å²) in [6.45, 7) is 3.41. The summed E-state index contributed by atoms with van der Waals surface area (Å²) in [5.74, 6) is 0.833. The van der Waals surface area contributed by atoms with Crippen LogP contribution in [0.2, 0.25) is 0 Å². The van der Waals surface area contributed by atoms with Crippen LogP contribution in [0, 0.1) is 6.92 Å². The molecule has 0 fully saturated rings. The normalized spacial score (nSPS) is 10.7. The van der Waals surface area contributed by atoms with Crippen LogP contribution in [-0.4, -0.2) is 29.1 Å². The van der Waals surface area contributed by atoms with Crippen LogP contribution in [0.15, 0.2) is 18.3 Å². The maximum Gasteiger partial charge on any atom is 0.200 e. The first-order valence-electron chi connectivity index (χ1n) is 6.68. The van der Waals surface area contributed by atoms with Crippen LogP contribution >= 0.6 is 0 Å². The minimum absolute atomic E-state index is 0.0202. The number of phenols is 1. The van der Waals surface area contributed by atoms with E-state index in [0.717, 1.165) is 23.4 Å². The number of aromatic nitrogens is 2. The average molecular weight is 291 g/mol. The molecule has 0 saturated carbocycles. The monoisotopic (exact) mass is 291 g/mol. The van der Waals surface area contributed by atoms with Gasteiger partial charge < -0.3 is 19.9 Å². The molecule has 2 aromatic rings. The summed E-state index contributed by atoms with van der Waals surface area (Å²) < 4.78 is 12.1.